The summed E-state index contributed by atoms with van der Waals surface area (Å²) in [5.74, 6) is 0.330. The molecule has 0 saturated carbocycles. The number of carbonyl (C=O) groups excluding carboxylic acids is 1. The summed E-state index contributed by atoms with van der Waals surface area (Å²) in [6.45, 7) is -0.0547. The molecule has 2 aromatic carbocycles. The van der Waals surface area contributed by atoms with Gasteiger partial charge in [-0.1, -0.05) is 29.8 Å². The minimum absolute atomic E-state index is 0.0547. The van der Waals surface area contributed by atoms with Gasteiger partial charge in [-0.05, 0) is 54.7 Å². The van der Waals surface area contributed by atoms with E-state index in [0.717, 1.165) is 18.5 Å². The zero-order valence-electron chi connectivity index (χ0n) is 11.6. The molecule has 0 unspecified atom stereocenters. The molecule has 0 aliphatic heterocycles. The number of aryl methyl sites for hydroxylation is 2. The standard InChI is InChI=1S/C17H16ClNO2/c18-15-6-1-2-7-16(15)21-11-17(20)19-14-9-8-12-4-3-5-13(12)10-14/h1-2,6-10H,3-5,11H2,(H,19,20). The number of para-hydroxylation sites is 1. The molecule has 21 heavy (non-hydrogen) atoms. The quantitative estimate of drug-likeness (QED) is 0.931. The van der Waals surface area contributed by atoms with Crippen LogP contribution < -0.4 is 10.1 Å². The Kier molecular flexibility index (Phi) is 4.11. The lowest BCUT2D eigenvalue weighted by atomic mass is 10.1. The SMILES string of the molecule is O=C(COc1ccccc1Cl)Nc1ccc2c(c1)CCC2. The van der Waals surface area contributed by atoms with Gasteiger partial charge in [-0.3, -0.25) is 4.79 Å². The second-order valence-electron chi connectivity index (χ2n) is 5.10. The average Bonchev–Trinajstić information content (AvgIpc) is 2.94. The highest BCUT2D eigenvalue weighted by atomic mass is 35.5. The number of nitrogens with one attached hydrogen (secondary N) is 1. The van der Waals surface area contributed by atoms with Crippen LogP contribution in [0.1, 0.15) is 17.5 Å². The van der Waals surface area contributed by atoms with Crippen molar-refractivity contribution in [3.8, 4) is 5.75 Å². The van der Waals surface area contributed by atoms with E-state index in [1.807, 2.05) is 18.2 Å². The van der Waals surface area contributed by atoms with Crippen LogP contribution in [0.4, 0.5) is 5.69 Å². The topological polar surface area (TPSA) is 38.3 Å². The largest absolute Gasteiger partial charge is 0.482 e. The molecule has 0 aromatic heterocycles. The number of amides is 1. The molecule has 0 atom stereocenters. The van der Waals surface area contributed by atoms with E-state index in [9.17, 15) is 4.79 Å². The molecule has 1 amide bonds. The van der Waals surface area contributed by atoms with Crippen LogP contribution in [-0.2, 0) is 17.6 Å². The molecular formula is C17H16ClNO2. The number of halogens is 1. The maximum absolute atomic E-state index is 11.9. The lowest BCUT2D eigenvalue weighted by molar-refractivity contribution is -0.118. The summed E-state index contributed by atoms with van der Waals surface area (Å²) in [6, 6.07) is 13.2. The summed E-state index contributed by atoms with van der Waals surface area (Å²) in [7, 11) is 0. The number of hydrogen-bond donors (Lipinski definition) is 1. The smallest absolute Gasteiger partial charge is 0.262 e. The summed E-state index contributed by atoms with van der Waals surface area (Å²) in [5.41, 5.74) is 3.54. The molecular weight excluding hydrogens is 286 g/mol. The summed E-state index contributed by atoms with van der Waals surface area (Å²) in [6.07, 6.45) is 3.43. The van der Waals surface area contributed by atoms with E-state index >= 15 is 0 Å². The van der Waals surface area contributed by atoms with Crippen molar-refractivity contribution in [3.63, 3.8) is 0 Å². The van der Waals surface area contributed by atoms with Crippen LogP contribution in [0.25, 0.3) is 0 Å². The fourth-order valence-corrected chi connectivity index (χ4v) is 2.74. The van der Waals surface area contributed by atoms with Gasteiger partial charge in [0.15, 0.2) is 6.61 Å². The summed E-state index contributed by atoms with van der Waals surface area (Å²) >= 11 is 5.98. The van der Waals surface area contributed by atoms with E-state index < -0.39 is 0 Å². The number of fused-ring (bicyclic) bond motifs is 1. The van der Waals surface area contributed by atoms with Crippen molar-refractivity contribution in [2.45, 2.75) is 19.3 Å². The molecule has 0 heterocycles. The molecule has 2 aromatic rings. The molecule has 1 N–H and O–H groups in total. The van der Waals surface area contributed by atoms with Gasteiger partial charge in [0, 0.05) is 5.69 Å². The second kappa shape index (κ2) is 6.19. The third-order valence-electron chi connectivity index (χ3n) is 3.58. The van der Waals surface area contributed by atoms with Crippen molar-refractivity contribution in [3.05, 3.63) is 58.6 Å². The van der Waals surface area contributed by atoms with Crippen LogP contribution in [0.3, 0.4) is 0 Å². The van der Waals surface area contributed by atoms with E-state index in [1.54, 1.807) is 12.1 Å². The molecule has 4 heteroatoms. The fourth-order valence-electron chi connectivity index (χ4n) is 2.55. The van der Waals surface area contributed by atoms with E-state index in [0.29, 0.717) is 10.8 Å². The molecule has 0 spiro atoms. The summed E-state index contributed by atoms with van der Waals surface area (Å²) in [5, 5.41) is 3.36. The maximum atomic E-state index is 11.9. The first-order chi connectivity index (χ1) is 10.2. The minimum atomic E-state index is -0.187. The molecule has 0 fully saturated rings. The second-order valence-corrected chi connectivity index (χ2v) is 5.51. The van der Waals surface area contributed by atoms with Gasteiger partial charge >= 0.3 is 0 Å². The van der Waals surface area contributed by atoms with E-state index in [4.69, 9.17) is 16.3 Å². The molecule has 1 aliphatic carbocycles. The highest BCUT2D eigenvalue weighted by molar-refractivity contribution is 6.32. The number of benzene rings is 2. The Bertz CT molecular complexity index is 670. The van der Waals surface area contributed by atoms with Crippen molar-refractivity contribution >= 4 is 23.2 Å². The first-order valence-corrected chi connectivity index (χ1v) is 7.39. The molecule has 0 bridgehead atoms. The Morgan fingerprint density at radius 1 is 1.14 bits per heavy atom. The molecule has 108 valence electrons. The first kappa shape index (κ1) is 14.0. The van der Waals surface area contributed by atoms with Crippen LogP contribution in [0.5, 0.6) is 5.75 Å². The monoisotopic (exact) mass is 301 g/mol. The molecule has 3 rings (SSSR count). The first-order valence-electron chi connectivity index (χ1n) is 7.01. The van der Waals surface area contributed by atoms with Crippen LogP contribution in [-0.4, -0.2) is 12.5 Å². The maximum Gasteiger partial charge on any atom is 0.262 e. The number of carbonyl (C=O) groups is 1. The van der Waals surface area contributed by atoms with E-state index in [-0.39, 0.29) is 12.5 Å². The Labute approximate surface area is 128 Å². The average molecular weight is 302 g/mol. The molecule has 1 aliphatic rings. The normalized spacial score (nSPS) is 12.8. The Morgan fingerprint density at radius 3 is 2.81 bits per heavy atom. The molecule has 0 saturated heterocycles. The summed E-state index contributed by atoms with van der Waals surface area (Å²) < 4.78 is 5.42. The number of hydrogen-bond acceptors (Lipinski definition) is 2. The van der Waals surface area contributed by atoms with Gasteiger partial charge < -0.3 is 10.1 Å². The van der Waals surface area contributed by atoms with Crippen molar-refractivity contribution in [2.24, 2.45) is 0 Å². The van der Waals surface area contributed by atoms with Crippen molar-refractivity contribution < 1.29 is 9.53 Å². The fraction of sp³-hybridized carbons (Fsp3) is 0.235. The van der Waals surface area contributed by atoms with Gasteiger partial charge in [-0.2, -0.15) is 0 Å². The predicted molar refractivity (Wildman–Crippen MR) is 84.0 cm³/mol. The minimum Gasteiger partial charge on any atom is -0.482 e. The van der Waals surface area contributed by atoms with Crippen molar-refractivity contribution in [1.82, 2.24) is 0 Å². The van der Waals surface area contributed by atoms with Crippen molar-refractivity contribution in [2.75, 3.05) is 11.9 Å². The third-order valence-corrected chi connectivity index (χ3v) is 3.89. The number of anilines is 1. The van der Waals surface area contributed by atoms with E-state index in [2.05, 4.69) is 17.4 Å². The van der Waals surface area contributed by atoms with Crippen LogP contribution in [0.2, 0.25) is 5.02 Å². The lowest BCUT2D eigenvalue weighted by Gasteiger charge is -2.09. The molecule has 3 nitrogen and oxygen atoms in total. The zero-order chi connectivity index (χ0) is 14.7. The van der Waals surface area contributed by atoms with E-state index in [1.165, 1.54) is 17.5 Å². The third kappa shape index (κ3) is 3.37. The van der Waals surface area contributed by atoms with Gasteiger partial charge in [-0.15, -0.1) is 0 Å². The number of ether oxygens (including phenoxy) is 1. The molecule has 0 radical (unpaired) electrons. The Balaban J connectivity index is 1.58. The Morgan fingerprint density at radius 2 is 1.95 bits per heavy atom. The number of rotatable bonds is 4. The Hall–Kier alpha value is -2.00. The van der Waals surface area contributed by atoms with Crippen LogP contribution >= 0.6 is 11.6 Å². The van der Waals surface area contributed by atoms with Gasteiger partial charge in [0.05, 0.1) is 5.02 Å². The van der Waals surface area contributed by atoms with Crippen molar-refractivity contribution in [1.29, 1.82) is 0 Å². The van der Waals surface area contributed by atoms with Gasteiger partial charge in [-0.25, -0.2) is 0 Å². The van der Waals surface area contributed by atoms with Gasteiger partial charge in [0.2, 0.25) is 0 Å². The summed E-state index contributed by atoms with van der Waals surface area (Å²) in [4.78, 5) is 11.9. The van der Waals surface area contributed by atoms with Crippen LogP contribution in [0, 0.1) is 0 Å². The van der Waals surface area contributed by atoms with Gasteiger partial charge in [0.1, 0.15) is 5.75 Å². The highest BCUT2D eigenvalue weighted by Crippen LogP contribution is 2.25. The zero-order valence-corrected chi connectivity index (χ0v) is 12.3. The lowest BCUT2D eigenvalue weighted by Crippen LogP contribution is -2.20. The van der Waals surface area contributed by atoms with Gasteiger partial charge in [0.25, 0.3) is 5.91 Å². The van der Waals surface area contributed by atoms with Crippen LogP contribution in [0.15, 0.2) is 42.5 Å². The predicted octanol–water partition coefficient (Wildman–Crippen LogP) is 3.85. The highest BCUT2D eigenvalue weighted by Gasteiger charge is 2.12.